The Hall–Kier alpha value is -2.46. The van der Waals surface area contributed by atoms with E-state index < -0.39 is 19.1 Å². The van der Waals surface area contributed by atoms with Crippen LogP contribution in [0.2, 0.25) is 0 Å². The number of carbonyl (C=O) groups is 2. The molecule has 30 heavy (non-hydrogen) atoms. The molecule has 2 fully saturated rings. The van der Waals surface area contributed by atoms with Crippen molar-refractivity contribution in [2.45, 2.75) is 56.8 Å². The highest BCUT2D eigenvalue weighted by atomic mass is 19.3. The molecule has 1 aromatic rings. The molecule has 1 aliphatic carbocycles. The van der Waals surface area contributed by atoms with Gasteiger partial charge in [-0.25, -0.2) is 19.0 Å². The van der Waals surface area contributed by atoms with Crippen LogP contribution in [0.25, 0.3) is 0 Å². The van der Waals surface area contributed by atoms with E-state index in [0.29, 0.717) is 19.3 Å². The summed E-state index contributed by atoms with van der Waals surface area (Å²) in [6, 6.07) is 7.49. The van der Waals surface area contributed by atoms with Crippen LogP contribution in [0.4, 0.5) is 13.6 Å². The van der Waals surface area contributed by atoms with Crippen molar-refractivity contribution in [2.24, 2.45) is 5.92 Å². The van der Waals surface area contributed by atoms with E-state index in [2.05, 4.69) is 21.5 Å². The second kappa shape index (κ2) is 10.5. The van der Waals surface area contributed by atoms with Crippen LogP contribution in [-0.4, -0.2) is 50.4 Å². The summed E-state index contributed by atoms with van der Waals surface area (Å²) in [5.41, 5.74) is 7.21. The summed E-state index contributed by atoms with van der Waals surface area (Å²) < 4.78 is 34.6. The molecule has 0 aromatic heterocycles. The molecule has 2 unspecified atom stereocenters. The Morgan fingerprint density at radius 1 is 1.17 bits per heavy atom. The molecule has 0 radical (unpaired) electrons. The van der Waals surface area contributed by atoms with Gasteiger partial charge < -0.3 is 20.1 Å². The van der Waals surface area contributed by atoms with Crippen molar-refractivity contribution in [3.8, 4) is 5.75 Å². The highest BCUT2D eigenvalue weighted by Gasteiger charge is 2.37. The normalized spacial score (nSPS) is 25.9. The standard InChI is InChI=1S/C20H28F2N4O4/c1-29-14-5-2-12(3-6-14)8-19(27)24-18-10-16(25-26-18)13-4-7-15(9-13)30-20(28)23-11-17(21)22/h2-3,5-6,13,15-18,25-26H,4,7-11H2,1H3,(H,23,28)(H,24,27)/t13-,15+,16?,18?/m0/s1. The molecule has 2 aliphatic rings. The van der Waals surface area contributed by atoms with E-state index in [4.69, 9.17) is 9.47 Å². The van der Waals surface area contributed by atoms with Crippen LogP contribution < -0.4 is 26.2 Å². The molecule has 1 aliphatic heterocycles. The first kappa shape index (κ1) is 22.2. The molecule has 1 saturated carbocycles. The third-order valence-electron chi connectivity index (χ3n) is 5.46. The smallest absolute Gasteiger partial charge is 0.407 e. The molecular weight excluding hydrogens is 398 g/mol. The maximum absolute atomic E-state index is 12.3. The molecule has 1 saturated heterocycles. The van der Waals surface area contributed by atoms with E-state index in [9.17, 15) is 18.4 Å². The van der Waals surface area contributed by atoms with Crippen LogP contribution >= 0.6 is 0 Å². The molecule has 1 heterocycles. The summed E-state index contributed by atoms with van der Waals surface area (Å²) in [6.45, 7) is -0.707. The predicted octanol–water partition coefficient (Wildman–Crippen LogP) is 1.71. The topological polar surface area (TPSA) is 101 Å². The van der Waals surface area contributed by atoms with Crippen molar-refractivity contribution in [3.05, 3.63) is 29.8 Å². The highest BCUT2D eigenvalue weighted by Crippen LogP contribution is 2.32. The highest BCUT2D eigenvalue weighted by molar-refractivity contribution is 5.78. The Labute approximate surface area is 174 Å². The van der Waals surface area contributed by atoms with Gasteiger partial charge in [0.25, 0.3) is 6.43 Å². The average molecular weight is 426 g/mol. The third-order valence-corrected chi connectivity index (χ3v) is 5.46. The fourth-order valence-electron chi connectivity index (χ4n) is 3.96. The van der Waals surface area contributed by atoms with Crippen LogP contribution in [0.1, 0.15) is 31.2 Å². The zero-order valence-corrected chi connectivity index (χ0v) is 16.8. The molecular formula is C20H28F2N4O4. The largest absolute Gasteiger partial charge is 0.497 e. The van der Waals surface area contributed by atoms with E-state index in [-0.39, 0.29) is 36.6 Å². The number of methoxy groups -OCH3 is 1. The van der Waals surface area contributed by atoms with Gasteiger partial charge in [-0.05, 0) is 49.3 Å². The second-order valence-corrected chi connectivity index (χ2v) is 7.65. The van der Waals surface area contributed by atoms with Crippen molar-refractivity contribution < 1.29 is 27.8 Å². The Bertz CT molecular complexity index is 719. The van der Waals surface area contributed by atoms with Gasteiger partial charge in [-0.15, -0.1) is 0 Å². The molecule has 4 N–H and O–H groups in total. The number of benzene rings is 1. The minimum absolute atomic E-state index is 0.0801. The number of nitrogens with one attached hydrogen (secondary N) is 4. The van der Waals surface area contributed by atoms with E-state index in [1.807, 2.05) is 24.3 Å². The average Bonchev–Trinajstić information content (AvgIpc) is 3.36. The molecule has 3 rings (SSSR count). The molecule has 0 bridgehead atoms. The molecule has 10 heteroatoms. The van der Waals surface area contributed by atoms with Crippen molar-refractivity contribution in [1.29, 1.82) is 0 Å². The van der Waals surface area contributed by atoms with Crippen molar-refractivity contribution in [2.75, 3.05) is 13.7 Å². The maximum Gasteiger partial charge on any atom is 0.407 e. The van der Waals surface area contributed by atoms with Gasteiger partial charge in [-0.1, -0.05) is 12.1 Å². The minimum atomic E-state index is -2.60. The van der Waals surface area contributed by atoms with Crippen molar-refractivity contribution >= 4 is 12.0 Å². The van der Waals surface area contributed by atoms with Gasteiger partial charge in [0.05, 0.1) is 26.2 Å². The van der Waals surface area contributed by atoms with E-state index >= 15 is 0 Å². The first-order chi connectivity index (χ1) is 14.4. The Kier molecular flexibility index (Phi) is 7.81. The van der Waals surface area contributed by atoms with Gasteiger partial charge in [0.1, 0.15) is 11.9 Å². The third kappa shape index (κ3) is 6.53. The molecule has 2 amide bonds. The van der Waals surface area contributed by atoms with Gasteiger partial charge in [-0.3, -0.25) is 10.2 Å². The van der Waals surface area contributed by atoms with Gasteiger partial charge in [-0.2, -0.15) is 0 Å². The fourth-order valence-corrected chi connectivity index (χ4v) is 3.96. The number of carbonyl (C=O) groups excluding carboxylic acids is 2. The number of hydrogen-bond acceptors (Lipinski definition) is 6. The summed E-state index contributed by atoms with van der Waals surface area (Å²) in [7, 11) is 1.60. The van der Waals surface area contributed by atoms with Crippen molar-refractivity contribution in [3.63, 3.8) is 0 Å². The van der Waals surface area contributed by atoms with Crippen LogP contribution in [0.3, 0.4) is 0 Å². The number of amides is 2. The van der Waals surface area contributed by atoms with Crippen LogP contribution in [0.15, 0.2) is 24.3 Å². The second-order valence-electron chi connectivity index (χ2n) is 7.65. The van der Waals surface area contributed by atoms with Gasteiger partial charge >= 0.3 is 6.09 Å². The molecule has 166 valence electrons. The zero-order chi connectivity index (χ0) is 21.5. The first-order valence-electron chi connectivity index (χ1n) is 10.1. The first-order valence-corrected chi connectivity index (χ1v) is 10.1. The summed E-state index contributed by atoms with van der Waals surface area (Å²) in [6.07, 6.45) is -0.662. The molecule has 1 aromatic carbocycles. The number of hydrogen-bond donors (Lipinski definition) is 4. The van der Waals surface area contributed by atoms with E-state index in [1.165, 1.54) is 0 Å². The lowest BCUT2D eigenvalue weighted by atomic mass is 9.96. The van der Waals surface area contributed by atoms with Gasteiger partial charge in [0.15, 0.2) is 0 Å². The number of alkyl halides is 2. The van der Waals surface area contributed by atoms with E-state index in [1.54, 1.807) is 7.11 Å². The number of alkyl carbamates (subject to hydrolysis) is 1. The van der Waals surface area contributed by atoms with Gasteiger partial charge in [0.2, 0.25) is 5.91 Å². The Morgan fingerprint density at radius 2 is 1.93 bits per heavy atom. The lowest BCUT2D eigenvalue weighted by Crippen LogP contribution is -2.45. The quantitative estimate of drug-likeness (QED) is 0.505. The SMILES string of the molecule is COc1ccc(CC(=O)NC2CC([C@H]3CC[C@@H](OC(=O)NCC(F)F)C3)NN2)cc1. The number of rotatable bonds is 8. The van der Waals surface area contributed by atoms with E-state index in [0.717, 1.165) is 17.7 Å². The van der Waals surface area contributed by atoms with Crippen LogP contribution in [-0.2, 0) is 16.0 Å². The number of hydrazine groups is 1. The molecule has 8 nitrogen and oxygen atoms in total. The van der Waals surface area contributed by atoms with Crippen LogP contribution in [0, 0.1) is 5.92 Å². The Balaban J connectivity index is 1.37. The van der Waals surface area contributed by atoms with Crippen molar-refractivity contribution in [1.82, 2.24) is 21.5 Å². The lowest BCUT2D eigenvalue weighted by molar-refractivity contribution is -0.121. The summed E-state index contributed by atoms with van der Waals surface area (Å²) in [5, 5.41) is 5.02. The number of ether oxygens (including phenoxy) is 2. The van der Waals surface area contributed by atoms with Gasteiger partial charge in [0, 0.05) is 6.04 Å². The zero-order valence-electron chi connectivity index (χ0n) is 16.8. The molecule has 0 spiro atoms. The summed E-state index contributed by atoms with van der Waals surface area (Å²) >= 11 is 0. The monoisotopic (exact) mass is 426 g/mol. The predicted molar refractivity (Wildman–Crippen MR) is 105 cm³/mol. The summed E-state index contributed by atoms with van der Waals surface area (Å²) in [5.74, 6) is 0.936. The molecule has 4 atom stereocenters. The minimum Gasteiger partial charge on any atom is -0.497 e. The number of halogens is 2. The van der Waals surface area contributed by atoms with Crippen LogP contribution in [0.5, 0.6) is 5.75 Å². The maximum atomic E-state index is 12.3. The lowest BCUT2D eigenvalue weighted by Gasteiger charge is -2.18. The Morgan fingerprint density at radius 3 is 2.63 bits per heavy atom. The summed E-state index contributed by atoms with van der Waals surface area (Å²) in [4.78, 5) is 23.8. The fraction of sp³-hybridized carbons (Fsp3) is 0.600.